The largest absolute Gasteiger partial charge is 0.481 e. The number of aliphatic carboxylic acids is 1. The minimum Gasteiger partial charge on any atom is -0.481 e. The van der Waals surface area contributed by atoms with Crippen molar-refractivity contribution in [2.24, 2.45) is 5.41 Å². The standard InChI is InChI=1S/C11H13Cl2NO4S/c1-11(2,10(15)16)6-14-19(17,18)9-7(12)4-3-5-8(9)13/h3-5,14H,6H2,1-2H3,(H,15,16). The average molecular weight is 326 g/mol. The molecule has 0 bridgehead atoms. The van der Waals surface area contributed by atoms with Crippen molar-refractivity contribution in [1.29, 1.82) is 0 Å². The van der Waals surface area contributed by atoms with Crippen LogP contribution in [-0.2, 0) is 14.8 Å². The second-order valence-electron chi connectivity index (χ2n) is 4.56. The summed E-state index contributed by atoms with van der Waals surface area (Å²) in [5.74, 6) is -1.11. The molecule has 0 fully saturated rings. The second kappa shape index (κ2) is 5.66. The molecule has 0 saturated heterocycles. The van der Waals surface area contributed by atoms with Crippen molar-refractivity contribution in [3.63, 3.8) is 0 Å². The number of nitrogens with one attached hydrogen (secondary N) is 1. The van der Waals surface area contributed by atoms with E-state index in [9.17, 15) is 13.2 Å². The Hall–Kier alpha value is -0.820. The fourth-order valence-corrected chi connectivity index (χ4v) is 3.51. The van der Waals surface area contributed by atoms with Gasteiger partial charge in [-0.1, -0.05) is 29.3 Å². The first-order chi connectivity index (χ1) is 8.58. The van der Waals surface area contributed by atoms with Gasteiger partial charge in [0.2, 0.25) is 10.0 Å². The number of carboxylic acid groups (broad SMARTS) is 1. The fraction of sp³-hybridized carbons (Fsp3) is 0.364. The number of hydrogen-bond donors (Lipinski definition) is 2. The summed E-state index contributed by atoms with van der Waals surface area (Å²) < 4.78 is 26.3. The van der Waals surface area contributed by atoms with Gasteiger partial charge in [0.1, 0.15) is 4.90 Å². The Labute approximate surface area is 121 Å². The Kier molecular flexibility index (Phi) is 4.84. The molecule has 2 N–H and O–H groups in total. The van der Waals surface area contributed by atoms with E-state index in [2.05, 4.69) is 4.72 Å². The summed E-state index contributed by atoms with van der Waals surface area (Å²) in [5.41, 5.74) is -1.24. The van der Waals surface area contributed by atoms with Gasteiger partial charge in [-0.05, 0) is 26.0 Å². The molecule has 0 spiro atoms. The van der Waals surface area contributed by atoms with E-state index < -0.39 is 21.4 Å². The summed E-state index contributed by atoms with van der Waals surface area (Å²) in [6.07, 6.45) is 0. The molecule has 0 aliphatic rings. The van der Waals surface area contributed by atoms with E-state index in [-0.39, 0.29) is 21.5 Å². The van der Waals surface area contributed by atoms with Crippen molar-refractivity contribution in [2.75, 3.05) is 6.54 Å². The molecule has 0 heterocycles. The number of benzene rings is 1. The van der Waals surface area contributed by atoms with Gasteiger partial charge in [0.05, 0.1) is 15.5 Å². The highest BCUT2D eigenvalue weighted by Gasteiger charge is 2.30. The van der Waals surface area contributed by atoms with Gasteiger partial charge in [-0.2, -0.15) is 0 Å². The van der Waals surface area contributed by atoms with Crippen molar-refractivity contribution in [2.45, 2.75) is 18.7 Å². The Morgan fingerprint density at radius 3 is 2.21 bits per heavy atom. The lowest BCUT2D eigenvalue weighted by atomic mass is 9.95. The topological polar surface area (TPSA) is 83.5 Å². The van der Waals surface area contributed by atoms with Crippen LogP contribution in [0.3, 0.4) is 0 Å². The zero-order valence-corrected chi connectivity index (χ0v) is 12.6. The fourth-order valence-electron chi connectivity index (χ4n) is 1.16. The molecule has 0 amide bonds. The number of hydrogen-bond acceptors (Lipinski definition) is 3. The number of carboxylic acids is 1. The molecule has 0 aliphatic carbocycles. The van der Waals surface area contributed by atoms with E-state index in [0.29, 0.717) is 0 Å². The van der Waals surface area contributed by atoms with E-state index >= 15 is 0 Å². The van der Waals surface area contributed by atoms with Gasteiger partial charge in [0.25, 0.3) is 0 Å². The lowest BCUT2D eigenvalue weighted by Crippen LogP contribution is -2.39. The van der Waals surface area contributed by atoms with Crippen LogP contribution in [0.15, 0.2) is 23.1 Å². The first-order valence-corrected chi connectivity index (χ1v) is 7.49. The minimum absolute atomic E-state index is 0.0202. The van der Waals surface area contributed by atoms with Crippen LogP contribution in [0.5, 0.6) is 0 Å². The van der Waals surface area contributed by atoms with Crippen LogP contribution < -0.4 is 4.72 Å². The predicted octanol–water partition coefficient (Wildman–Crippen LogP) is 2.38. The van der Waals surface area contributed by atoms with Crippen molar-refractivity contribution < 1.29 is 18.3 Å². The molecule has 19 heavy (non-hydrogen) atoms. The van der Waals surface area contributed by atoms with Gasteiger partial charge in [0, 0.05) is 6.54 Å². The van der Waals surface area contributed by atoms with Crippen LogP contribution in [-0.4, -0.2) is 26.0 Å². The maximum absolute atomic E-state index is 12.1. The van der Waals surface area contributed by atoms with Crippen LogP contribution in [0.1, 0.15) is 13.8 Å². The molecule has 1 rings (SSSR count). The zero-order valence-electron chi connectivity index (χ0n) is 10.3. The SMILES string of the molecule is CC(C)(CNS(=O)(=O)c1c(Cl)cccc1Cl)C(=O)O. The van der Waals surface area contributed by atoms with Crippen molar-refractivity contribution in [3.05, 3.63) is 28.2 Å². The lowest BCUT2D eigenvalue weighted by molar-refractivity contribution is -0.146. The van der Waals surface area contributed by atoms with Crippen LogP contribution in [0.2, 0.25) is 10.0 Å². The second-order valence-corrected chi connectivity index (χ2v) is 7.08. The maximum atomic E-state index is 12.1. The predicted molar refractivity (Wildman–Crippen MR) is 73.1 cm³/mol. The maximum Gasteiger partial charge on any atom is 0.310 e. The molecule has 1 aromatic rings. The third-order valence-corrected chi connectivity index (χ3v) is 4.83. The summed E-state index contributed by atoms with van der Waals surface area (Å²) in [5, 5.41) is 8.89. The molecule has 5 nitrogen and oxygen atoms in total. The highest BCUT2D eigenvalue weighted by molar-refractivity contribution is 7.89. The molecule has 0 aliphatic heterocycles. The third-order valence-electron chi connectivity index (χ3n) is 2.47. The highest BCUT2D eigenvalue weighted by atomic mass is 35.5. The van der Waals surface area contributed by atoms with E-state index in [1.807, 2.05) is 0 Å². The van der Waals surface area contributed by atoms with Gasteiger partial charge >= 0.3 is 5.97 Å². The summed E-state index contributed by atoms with van der Waals surface area (Å²) >= 11 is 11.6. The number of rotatable bonds is 5. The summed E-state index contributed by atoms with van der Waals surface area (Å²) in [7, 11) is -3.97. The average Bonchev–Trinajstić information content (AvgIpc) is 2.26. The normalized spacial score (nSPS) is 12.4. The Morgan fingerprint density at radius 1 is 1.32 bits per heavy atom. The molecule has 0 atom stereocenters. The minimum atomic E-state index is -3.97. The zero-order chi connectivity index (χ0) is 14.8. The van der Waals surface area contributed by atoms with Gasteiger partial charge in [-0.15, -0.1) is 0 Å². The van der Waals surface area contributed by atoms with Crippen LogP contribution in [0, 0.1) is 5.41 Å². The first kappa shape index (κ1) is 16.2. The Bertz CT molecular complexity index is 578. The van der Waals surface area contributed by atoms with Crippen LogP contribution in [0.25, 0.3) is 0 Å². The quantitative estimate of drug-likeness (QED) is 0.870. The molecule has 0 aromatic heterocycles. The molecule has 0 saturated carbocycles. The molecular weight excluding hydrogens is 313 g/mol. The summed E-state index contributed by atoms with van der Waals surface area (Å²) in [4.78, 5) is 10.7. The van der Waals surface area contributed by atoms with Gasteiger partial charge in [-0.3, -0.25) is 4.79 Å². The molecular formula is C11H13Cl2NO4S. The van der Waals surface area contributed by atoms with Gasteiger partial charge < -0.3 is 5.11 Å². The number of halogens is 2. The van der Waals surface area contributed by atoms with Crippen molar-refractivity contribution in [1.82, 2.24) is 4.72 Å². The van der Waals surface area contributed by atoms with Crippen LogP contribution in [0.4, 0.5) is 0 Å². The Morgan fingerprint density at radius 2 is 1.79 bits per heavy atom. The van der Waals surface area contributed by atoms with Gasteiger partial charge in [-0.25, -0.2) is 13.1 Å². The monoisotopic (exact) mass is 325 g/mol. The highest BCUT2D eigenvalue weighted by Crippen LogP contribution is 2.29. The number of carbonyl (C=O) groups is 1. The van der Waals surface area contributed by atoms with E-state index in [0.717, 1.165) is 0 Å². The molecule has 106 valence electrons. The summed E-state index contributed by atoms with van der Waals surface area (Å²) in [6.45, 7) is 2.55. The van der Waals surface area contributed by atoms with E-state index in [1.54, 1.807) is 0 Å². The van der Waals surface area contributed by atoms with Crippen molar-refractivity contribution in [3.8, 4) is 0 Å². The van der Waals surface area contributed by atoms with Crippen molar-refractivity contribution >= 4 is 39.2 Å². The molecule has 0 radical (unpaired) electrons. The molecule has 8 heteroatoms. The first-order valence-electron chi connectivity index (χ1n) is 5.25. The summed E-state index contributed by atoms with van der Waals surface area (Å²) in [6, 6.07) is 4.31. The molecule has 0 unspecified atom stereocenters. The van der Waals surface area contributed by atoms with E-state index in [4.69, 9.17) is 28.3 Å². The van der Waals surface area contributed by atoms with E-state index in [1.165, 1.54) is 32.0 Å². The van der Waals surface area contributed by atoms with Gasteiger partial charge in [0.15, 0.2) is 0 Å². The molecule has 1 aromatic carbocycles. The number of sulfonamides is 1. The lowest BCUT2D eigenvalue weighted by Gasteiger charge is -2.20. The van der Waals surface area contributed by atoms with Crippen LogP contribution >= 0.6 is 23.2 Å². The smallest absolute Gasteiger partial charge is 0.310 e. The third kappa shape index (κ3) is 3.82. The Balaban J connectivity index is 3.04.